The van der Waals surface area contributed by atoms with Crippen molar-refractivity contribution in [3.63, 3.8) is 0 Å². The first-order valence-electron chi connectivity index (χ1n) is 5.24. The summed E-state index contributed by atoms with van der Waals surface area (Å²) in [4.78, 5) is 14.4. The Morgan fingerprint density at radius 3 is 2.83 bits per heavy atom. The molecule has 1 heterocycles. The second kappa shape index (κ2) is 5.46. The summed E-state index contributed by atoms with van der Waals surface area (Å²) < 4.78 is 0. The summed E-state index contributed by atoms with van der Waals surface area (Å²) in [6.07, 6.45) is 3.30. The van der Waals surface area contributed by atoms with Crippen molar-refractivity contribution >= 4 is 23.0 Å². The molecule has 6 heteroatoms. The number of halogens is 1. The number of pyridine rings is 1. The van der Waals surface area contributed by atoms with Crippen molar-refractivity contribution < 1.29 is 4.92 Å². The molecular weight excluding hydrogens is 254 g/mol. The van der Waals surface area contributed by atoms with Gasteiger partial charge in [0.1, 0.15) is 0 Å². The van der Waals surface area contributed by atoms with Crippen molar-refractivity contribution in [2.75, 3.05) is 5.32 Å². The monoisotopic (exact) mass is 263 g/mol. The molecule has 0 bridgehead atoms. The predicted molar refractivity (Wildman–Crippen MR) is 69.7 cm³/mol. The molecule has 0 aliphatic carbocycles. The zero-order valence-corrected chi connectivity index (χ0v) is 10.1. The number of nitrogens with one attached hydrogen (secondary N) is 1. The number of nitro groups is 1. The molecule has 0 radical (unpaired) electrons. The van der Waals surface area contributed by atoms with Crippen LogP contribution in [0.2, 0.25) is 5.02 Å². The van der Waals surface area contributed by atoms with Crippen LogP contribution in [0.3, 0.4) is 0 Å². The Kier molecular flexibility index (Phi) is 3.74. The molecule has 0 aliphatic rings. The number of hydrogen-bond donors (Lipinski definition) is 1. The van der Waals surface area contributed by atoms with E-state index in [0.29, 0.717) is 10.6 Å². The third kappa shape index (κ3) is 2.75. The molecule has 0 atom stereocenters. The molecule has 0 unspecified atom stereocenters. The van der Waals surface area contributed by atoms with E-state index in [2.05, 4.69) is 10.3 Å². The summed E-state index contributed by atoms with van der Waals surface area (Å²) in [5, 5.41) is 14.3. The Morgan fingerprint density at radius 2 is 2.17 bits per heavy atom. The average Bonchev–Trinajstić information content (AvgIpc) is 2.38. The van der Waals surface area contributed by atoms with Gasteiger partial charge in [0, 0.05) is 25.0 Å². The highest BCUT2D eigenvalue weighted by Gasteiger charge is 2.15. The van der Waals surface area contributed by atoms with Crippen LogP contribution in [0.15, 0.2) is 42.7 Å². The molecule has 0 amide bonds. The minimum atomic E-state index is -0.438. The van der Waals surface area contributed by atoms with Crippen LogP contribution in [0.5, 0.6) is 0 Å². The van der Waals surface area contributed by atoms with E-state index in [9.17, 15) is 10.1 Å². The number of aromatic nitrogens is 1. The van der Waals surface area contributed by atoms with Gasteiger partial charge in [-0.1, -0.05) is 17.7 Å². The summed E-state index contributed by atoms with van der Waals surface area (Å²) in [5.41, 5.74) is 1.26. The predicted octanol–water partition coefficient (Wildman–Crippen LogP) is 3.26. The van der Waals surface area contributed by atoms with Crippen molar-refractivity contribution in [2.24, 2.45) is 0 Å². The summed E-state index contributed by atoms with van der Waals surface area (Å²) in [6.45, 7) is 0.279. The maximum absolute atomic E-state index is 10.9. The van der Waals surface area contributed by atoms with Crippen LogP contribution in [0.25, 0.3) is 0 Å². The van der Waals surface area contributed by atoms with Crippen LogP contribution in [0.1, 0.15) is 5.56 Å². The van der Waals surface area contributed by atoms with E-state index in [1.807, 2.05) is 6.07 Å². The number of anilines is 1. The molecule has 0 aliphatic heterocycles. The largest absolute Gasteiger partial charge is 0.379 e. The Labute approximate surface area is 109 Å². The van der Waals surface area contributed by atoms with Crippen LogP contribution >= 0.6 is 11.6 Å². The lowest BCUT2D eigenvalue weighted by Gasteiger charge is -2.08. The lowest BCUT2D eigenvalue weighted by molar-refractivity contribution is -0.385. The first-order valence-corrected chi connectivity index (χ1v) is 5.62. The van der Waals surface area contributed by atoms with Gasteiger partial charge in [-0.2, -0.15) is 0 Å². The van der Waals surface area contributed by atoms with Crippen molar-refractivity contribution in [1.29, 1.82) is 0 Å². The number of benzene rings is 1. The van der Waals surface area contributed by atoms with Gasteiger partial charge in [0.05, 0.1) is 21.2 Å². The van der Waals surface area contributed by atoms with Crippen LogP contribution in [0, 0.1) is 10.1 Å². The fourth-order valence-electron chi connectivity index (χ4n) is 1.55. The summed E-state index contributed by atoms with van der Waals surface area (Å²) in [7, 11) is 0. The van der Waals surface area contributed by atoms with Gasteiger partial charge in [-0.15, -0.1) is 0 Å². The van der Waals surface area contributed by atoms with Crippen molar-refractivity contribution in [2.45, 2.75) is 6.54 Å². The fourth-order valence-corrected chi connectivity index (χ4v) is 1.79. The smallest absolute Gasteiger partial charge is 0.275 e. The van der Waals surface area contributed by atoms with Crippen molar-refractivity contribution in [3.05, 3.63) is 63.4 Å². The van der Waals surface area contributed by atoms with Gasteiger partial charge in [0.15, 0.2) is 0 Å². The maximum atomic E-state index is 10.9. The van der Waals surface area contributed by atoms with Crippen molar-refractivity contribution in [1.82, 2.24) is 4.98 Å². The second-order valence-electron chi connectivity index (χ2n) is 3.59. The van der Waals surface area contributed by atoms with E-state index >= 15 is 0 Å². The van der Waals surface area contributed by atoms with Gasteiger partial charge in [0.2, 0.25) is 0 Å². The quantitative estimate of drug-likeness (QED) is 0.679. The van der Waals surface area contributed by atoms with E-state index in [1.54, 1.807) is 30.6 Å². The molecule has 92 valence electrons. The van der Waals surface area contributed by atoms with E-state index in [4.69, 9.17) is 11.6 Å². The molecule has 1 aromatic heterocycles. The van der Waals surface area contributed by atoms with E-state index in [0.717, 1.165) is 5.69 Å². The first-order chi connectivity index (χ1) is 8.68. The van der Waals surface area contributed by atoms with Gasteiger partial charge in [-0.3, -0.25) is 15.1 Å². The van der Waals surface area contributed by atoms with Gasteiger partial charge in [-0.25, -0.2) is 0 Å². The van der Waals surface area contributed by atoms with Gasteiger partial charge in [0.25, 0.3) is 5.69 Å². The molecule has 0 fully saturated rings. The molecule has 0 saturated heterocycles. The minimum absolute atomic E-state index is 0.0129. The Hall–Kier alpha value is -2.14. The summed E-state index contributed by atoms with van der Waals surface area (Å²) in [5.74, 6) is 0. The topological polar surface area (TPSA) is 68.1 Å². The highest BCUT2D eigenvalue weighted by Crippen LogP contribution is 2.26. The number of rotatable bonds is 4. The molecule has 2 rings (SSSR count). The SMILES string of the molecule is O=[N+]([O-])c1cccc(Cl)c1CNc1cccnc1. The Bertz CT molecular complexity index is 561. The van der Waals surface area contributed by atoms with Gasteiger partial charge in [-0.05, 0) is 18.2 Å². The molecule has 0 spiro atoms. The van der Waals surface area contributed by atoms with Crippen LogP contribution < -0.4 is 5.32 Å². The molecule has 5 nitrogen and oxygen atoms in total. The normalized spacial score (nSPS) is 10.1. The highest BCUT2D eigenvalue weighted by molar-refractivity contribution is 6.31. The number of nitrogens with zero attached hydrogens (tertiary/aromatic N) is 2. The van der Waals surface area contributed by atoms with Crippen LogP contribution in [-0.4, -0.2) is 9.91 Å². The molecule has 18 heavy (non-hydrogen) atoms. The molecule has 1 N–H and O–H groups in total. The first kappa shape index (κ1) is 12.3. The molecule has 2 aromatic rings. The van der Waals surface area contributed by atoms with E-state index < -0.39 is 4.92 Å². The zero-order chi connectivity index (χ0) is 13.0. The Morgan fingerprint density at radius 1 is 1.33 bits per heavy atom. The third-order valence-corrected chi connectivity index (χ3v) is 2.78. The standard InChI is InChI=1S/C12H10ClN3O2/c13-11-4-1-5-12(16(17)18)10(11)8-15-9-3-2-6-14-7-9/h1-7,15H,8H2. The maximum Gasteiger partial charge on any atom is 0.275 e. The lowest BCUT2D eigenvalue weighted by atomic mass is 10.1. The lowest BCUT2D eigenvalue weighted by Crippen LogP contribution is -2.04. The van der Waals surface area contributed by atoms with Gasteiger partial charge >= 0.3 is 0 Å². The Balaban J connectivity index is 2.21. The van der Waals surface area contributed by atoms with Crippen molar-refractivity contribution in [3.8, 4) is 0 Å². The number of nitro benzene ring substituents is 1. The fraction of sp³-hybridized carbons (Fsp3) is 0.0833. The highest BCUT2D eigenvalue weighted by atomic mass is 35.5. The molecule has 0 saturated carbocycles. The second-order valence-corrected chi connectivity index (χ2v) is 4.00. The minimum Gasteiger partial charge on any atom is -0.379 e. The zero-order valence-electron chi connectivity index (χ0n) is 9.34. The molecular formula is C12H10ClN3O2. The van der Waals surface area contributed by atoms with E-state index in [1.165, 1.54) is 6.07 Å². The molecule has 1 aromatic carbocycles. The van der Waals surface area contributed by atoms with Gasteiger partial charge < -0.3 is 5.32 Å². The number of hydrogen-bond acceptors (Lipinski definition) is 4. The van der Waals surface area contributed by atoms with E-state index in [-0.39, 0.29) is 12.2 Å². The summed E-state index contributed by atoms with van der Waals surface area (Å²) in [6, 6.07) is 8.24. The summed E-state index contributed by atoms with van der Waals surface area (Å²) >= 11 is 5.98. The third-order valence-electron chi connectivity index (χ3n) is 2.42. The van der Waals surface area contributed by atoms with Crippen LogP contribution in [0.4, 0.5) is 11.4 Å². The van der Waals surface area contributed by atoms with Crippen LogP contribution in [-0.2, 0) is 6.54 Å². The average molecular weight is 264 g/mol.